The van der Waals surface area contributed by atoms with Crippen LogP contribution in [0.15, 0.2) is 54.7 Å². The van der Waals surface area contributed by atoms with Gasteiger partial charge in [-0.15, -0.1) is 0 Å². The van der Waals surface area contributed by atoms with E-state index in [2.05, 4.69) is 4.98 Å². The SMILES string of the molecule is COc1cc(C(=O)O)ccc1COc1ccc([C@@H](C)[C@@](O)(c2ccnc(Cl)c2)C(F)(F)F)c(Cl)c1. The number of nitrogens with zero attached hydrogens (tertiary/aromatic N) is 1. The fourth-order valence-corrected chi connectivity index (χ4v) is 4.14. The first-order valence-corrected chi connectivity index (χ1v) is 10.9. The predicted octanol–water partition coefficient (Wildman–Crippen LogP) is 6.23. The van der Waals surface area contributed by atoms with Gasteiger partial charge in [0.1, 0.15) is 23.3 Å². The van der Waals surface area contributed by atoms with E-state index >= 15 is 0 Å². The quantitative estimate of drug-likeness (QED) is 0.336. The summed E-state index contributed by atoms with van der Waals surface area (Å²) in [6, 6.07) is 10.4. The average Bonchev–Trinajstić information content (AvgIpc) is 2.80. The monoisotopic (exact) mass is 529 g/mol. The molecule has 2 aromatic carbocycles. The van der Waals surface area contributed by atoms with Crippen molar-refractivity contribution in [2.24, 2.45) is 0 Å². The van der Waals surface area contributed by atoms with E-state index in [0.717, 1.165) is 18.3 Å². The van der Waals surface area contributed by atoms with Crippen molar-refractivity contribution in [3.63, 3.8) is 0 Å². The van der Waals surface area contributed by atoms with Gasteiger partial charge < -0.3 is 19.7 Å². The lowest BCUT2D eigenvalue weighted by Crippen LogP contribution is -2.46. The van der Waals surface area contributed by atoms with Crippen molar-refractivity contribution < 1.29 is 37.7 Å². The molecular weight excluding hydrogens is 510 g/mol. The van der Waals surface area contributed by atoms with E-state index in [1.54, 1.807) is 0 Å². The standard InChI is InChI=1S/C24H20Cl2F3NO5/c1-13(23(33,24(27,28)29)16-7-8-30-21(26)10-16)18-6-5-17(11-19(18)25)35-12-15-4-3-14(22(31)32)9-20(15)34-2/h3-11,13,33H,12H2,1-2H3,(H,31,32)/t13-,23-/m1/s1. The molecular formula is C24H20Cl2F3NO5. The molecule has 0 amide bonds. The van der Waals surface area contributed by atoms with Crippen LogP contribution in [0.3, 0.4) is 0 Å². The van der Waals surface area contributed by atoms with Crippen LogP contribution >= 0.6 is 23.2 Å². The number of aromatic carboxylic acids is 1. The van der Waals surface area contributed by atoms with Crippen LogP contribution in [0.2, 0.25) is 10.2 Å². The normalized spacial score (nSPS) is 14.2. The summed E-state index contributed by atoms with van der Waals surface area (Å²) < 4.78 is 53.2. The molecule has 6 nitrogen and oxygen atoms in total. The summed E-state index contributed by atoms with van der Waals surface area (Å²) in [5, 5.41) is 19.7. The third-order valence-corrected chi connectivity index (χ3v) is 6.13. The van der Waals surface area contributed by atoms with Crippen LogP contribution in [0.4, 0.5) is 13.2 Å². The lowest BCUT2D eigenvalue weighted by Gasteiger charge is -2.37. The Labute approximate surface area is 208 Å². The Morgan fingerprint density at radius 3 is 2.40 bits per heavy atom. The molecule has 0 spiro atoms. The zero-order valence-electron chi connectivity index (χ0n) is 18.4. The fourth-order valence-electron chi connectivity index (χ4n) is 3.63. The zero-order valence-corrected chi connectivity index (χ0v) is 19.9. The number of methoxy groups -OCH3 is 1. The lowest BCUT2D eigenvalue weighted by atomic mass is 9.78. The second kappa shape index (κ2) is 10.3. The summed E-state index contributed by atoms with van der Waals surface area (Å²) in [4.78, 5) is 14.8. The van der Waals surface area contributed by atoms with Gasteiger partial charge in [-0.25, -0.2) is 9.78 Å². The second-order valence-corrected chi connectivity index (χ2v) is 8.45. The van der Waals surface area contributed by atoms with E-state index < -0.39 is 29.2 Å². The molecule has 0 bridgehead atoms. The number of ether oxygens (including phenoxy) is 2. The van der Waals surface area contributed by atoms with Gasteiger partial charge in [0.2, 0.25) is 0 Å². The number of carbonyl (C=O) groups is 1. The predicted molar refractivity (Wildman–Crippen MR) is 123 cm³/mol. The maximum atomic E-state index is 14.1. The molecule has 35 heavy (non-hydrogen) atoms. The summed E-state index contributed by atoms with van der Waals surface area (Å²) in [5.74, 6) is -2.07. The van der Waals surface area contributed by atoms with Crippen LogP contribution in [0, 0.1) is 0 Å². The molecule has 1 heterocycles. The number of aromatic nitrogens is 1. The highest BCUT2D eigenvalue weighted by atomic mass is 35.5. The molecule has 186 valence electrons. The van der Waals surface area contributed by atoms with E-state index in [0.29, 0.717) is 11.3 Å². The molecule has 11 heteroatoms. The second-order valence-electron chi connectivity index (χ2n) is 7.66. The largest absolute Gasteiger partial charge is 0.496 e. The third-order valence-electron chi connectivity index (χ3n) is 5.59. The van der Waals surface area contributed by atoms with Crippen molar-refractivity contribution >= 4 is 29.2 Å². The minimum atomic E-state index is -5.05. The Morgan fingerprint density at radius 2 is 1.83 bits per heavy atom. The van der Waals surface area contributed by atoms with E-state index in [4.69, 9.17) is 37.8 Å². The maximum absolute atomic E-state index is 14.1. The van der Waals surface area contributed by atoms with Gasteiger partial charge in [-0.1, -0.05) is 42.3 Å². The molecule has 0 saturated carbocycles. The van der Waals surface area contributed by atoms with Gasteiger partial charge in [0.05, 0.1) is 12.7 Å². The van der Waals surface area contributed by atoms with Crippen molar-refractivity contribution in [3.8, 4) is 11.5 Å². The first-order valence-electron chi connectivity index (χ1n) is 10.1. The molecule has 1 aromatic heterocycles. The summed E-state index contributed by atoms with van der Waals surface area (Å²) in [5.41, 5.74) is -3.13. The number of halogens is 5. The molecule has 0 aliphatic carbocycles. The number of carboxylic acid groups (broad SMARTS) is 1. The molecule has 0 radical (unpaired) electrons. The van der Waals surface area contributed by atoms with Crippen molar-refractivity contribution in [1.29, 1.82) is 0 Å². The lowest BCUT2D eigenvalue weighted by molar-refractivity contribution is -0.274. The van der Waals surface area contributed by atoms with Gasteiger partial charge >= 0.3 is 12.1 Å². The van der Waals surface area contributed by atoms with Gasteiger partial charge in [-0.2, -0.15) is 13.2 Å². The summed E-state index contributed by atoms with van der Waals surface area (Å²) >= 11 is 12.1. The smallest absolute Gasteiger partial charge is 0.422 e. The van der Waals surface area contributed by atoms with Gasteiger partial charge in [-0.3, -0.25) is 0 Å². The van der Waals surface area contributed by atoms with Crippen molar-refractivity contribution in [1.82, 2.24) is 4.98 Å². The molecule has 0 saturated heterocycles. The molecule has 2 N–H and O–H groups in total. The Kier molecular flexibility index (Phi) is 7.83. The third kappa shape index (κ3) is 5.47. The summed E-state index contributed by atoms with van der Waals surface area (Å²) in [6.45, 7) is 1.19. The molecule has 2 atom stereocenters. The summed E-state index contributed by atoms with van der Waals surface area (Å²) in [6.07, 6.45) is -3.97. The number of rotatable bonds is 8. The van der Waals surface area contributed by atoms with Crippen molar-refractivity contribution in [2.75, 3.05) is 7.11 Å². The number of benzene rings is 2. The van der Waals surface area contributed by atoms with Gasteiger partial charge in [0.15, 0.2) is 5.60 Å². The maximum Gasteiger partial charge on any atom is 0.422 e. The van der Waals surface area contributed by atoms with Crippen LogP contribution < -0.4 is 9.47 Å². The molecule has 0 unspecified atom stereocenters. The number of hydrogen-bond acceptors (Lipinski definition) is 5. The first kappa shape index (κ1) is 26.6. The first-order chi connectivity index (χ1) is 16.4. The van der Waals surface area contributed by atoms with Gasteiger partial charge in [0.25, 0.3) is 0 Å². The van der Waals surface area contributed by atoms with E-state index in [-0.39, 0.29) is 33.7 Å². The minimum Gasteiger partial charge on any atom is -0.496 e. The zero-order chi connectivity index (χ0) is 26.0. The number of carboxylic acids is 1. The fraction of sp³-hybridized carbons (Fsp3) is 0.250. The van der Waals surface area contributed by atoms with Crippen molar-refractivity contribution in [2.45, 2.75) is 31.2 Å². The van der Waals surface area contributed by atoms with Crippen LogP contribution in [0.25, 0.3) is 0 Å². The highest BCUT2D eigenvalue weighted by Crippen LogP contribution is 2.50. The van der Waals surface area contributed by atoms with Crippen LogP contribution in [-0.2, 0) is 12.2 Å². The minimum absolute atomic E-state index is 0.0176. The van der Waals surface area contributed by atoms with Crippen LogP contribution in [-0.4, -0.2) is 34.5 Å². The topological polar surface area (TPSA) is 88.9 Å². The van der Waals surface area contributed by atoms with E-state index in [9.17, 15) is 23.1 Å². The Bertz CT molecular complexity index is 1240. The number of aliphatic hydroxyl groups is 1. The highest BCUT2D eigenvalue weighted by Gasteiger charge is 2.59. The Morgan fingerprint density at radius 1 is 1.11 bits per heavy atom. The number of hydrogen-bond donors (Lipinski definition) is 2. The number of pyridine rings is 1. The molecule has 3 aromatic rings. The Balaban J connectivity index is 1.87. The van der Waals surface area contributed by atoms with Gasteiger partial charge in [0, 0.05) is 22.7 Å². The van der Waals surface area contributed by atoms with Gasteiger partial charge in [-0.05, 0) is 47.5 Å². The highest BCUT2D eigenvalue weighted by molar-refractivity contribution is 6.31. The van der Waals surface area contributed by atoms with E-state index in [1.807, 2.05) is 0 Å². The number of alkyl halides is 3. The molecule has 0 aliphatic heterocycles. The average molecular weight is 530 g/mol. The Hall–Kier alpha value is -3.01. The van der Waals surface area contributed by atoms with Crippen LogP contribution in [0.1, 0.15) is 39.9 Å². The molecule has 3 rings (SSSR count). The van der Waals surface area contributed by atoms with Crippen LogP contribution in [0.5, 0.6) is 11.5 Å². The molecule has 0 fully saturated rings. The van der Waals surface area contributed by atoms with E-state index in [1.165, 1.54) is 50.4 Å². The summed E-state index contributed by atoms with van der Waals surface area (Å²) in [7, 11) is 1.38. The van der Waals surface area contributed by atoms with Crippen molar-refractivity contribution in [3.05, 3.63) is 87.2 Å². The molecule has 0 aliphatic rings.